The molecule has 44 heavy (non-hydrogen) atoms. The second kappa shape index (κ2) is 12.1. The van der Waals surface area contributed by atoms with Crippen LogP contribution in [-0.4, -0.2) is 50.7 Å². The molecule has 0 radical (unpaired) electrons. The molecule has 2 N–H and O–H groups in total. The number of pyridine rings is 1. The number of aromatic nitrogens is 1. The number of hydrogen-bond donors (Lipinski definition) is 2. The van der Waals surface area contributed by atoms with Crippen LogP contribution in [0.4, 0.5) is 0 Å². The number of benzene rings is 1. The number of carboxylic acid groups (broad SMARTS) is 1. The molecule has 2 aliphatic carbocycles. The average molecular weight is 601 g/mol. The molecule has 2 fully saturated rings. The van der Waals surface area contributed by atoms with E-state index in [9.17, 15) is 14.4 Å². The van der Waals surface area contributed by atoms with Gasteiger partial charge in [-0.15, -0.1) is 0 Å². The lowest BCUT2D eigenvalue weighted by Crippen LogP contribution is -2.48. The largest absolute Gasteiger partial charge is 0.481 e. The molecule has 8 nitrogen and oxygen atoms in total. The van der Waals surface area contributed by atoms with Gasteiger partial charge in [0.05, 0.1) is 12.5 Å². The first-order valence-corrected chi connectivity index (χ1v) is 16.2. The molecule has 2 heterocycles. The smallest absolute Gasteiger partial charge is 0.305 e. The highest BCUT2D eigenvalue weighted by molar-refractivity contribution is 6.46. The predicted octanol–water partition coefficient (Wildman–Crippen LogP) is 6.90. The monoisotopic (exact) mass is 600 g/mol. The zero-order chi connectivity index (χ0) is 31.9. The van der Waals surface area contributed by atoms with E-state index in [0.29, 0.717) is 23.1 Å². The number of carbonyl (C=O) groups is 3. The van der Waals surface area contributed by atoms with Crippen molar-refractivity contribution >= 4 is 23.5 Å². The summed E-state index contributed by atoms with van der Waals surface area (Å²) in [6, 6.07) is 9.36. The first-order valence-electron chi connectivity index (χ1n) is 16.2. The summed E-state index contributed by atoms with van der Waals surface area (Å²) in [6.07, 6.45) is 10.2. The van der Waals surface area contributed by atoms with Gasteiger partial charge in [0.2, 0.25) is 0 Å². The SMILES string of the molecule is CC(C)(C)CC[C@H](c1ccc(C(=O)NCCC(=O)O)cc1)N1C(=O)C(c2cncc(C3CC3)c2)=NC12CCC(C(C)(C)C)C2. The Balaban J connectivity index is 1.52. The van der Waals surface area contributed by atoms with E-state index in [1.54, 1.807) is 18.3 Å². The predicted molar refractivity (Wildman–Crippen MR) is 172 cm³/mol. The minimum atomic E-state index is -0.955. The number of nitrogens with zero attached hydrogens (tertiary/aromatic N) is 3. The molecule has 2 saturated carbocycles. The number of aliphatic carboxylic acids is 1. The third-order valence-corrected chi connectivity index (χ3v) is 9.62. The highest BCUT2D eigenvalue weighted by atomic mass is 16.4. The summed E-state index contributed by atoms with van der Waals surface area (Å²) in [6.45, 7) is 13.6. The van der Waals surface area contributed by atoms with Gasteiger partial charge in [0.25, 0.3) is 11.8 Å². The van der Waals surface area contributed by atoms with Crippen molar-refractivity contribution in [3.05, 3.63) is 65.0 Å². The Morgan fingerprint density at radius 3 is 2.36 bits per heavy atom. The summed E-state index contributed by atoms with van der Waals surface area (Å²) in [5.74, 6) is -0.347. The lowest BCUT2D eigenvalue weighted by Gasteiger charge is -2.41. The summed E-state index contributed by atoms with van der Waals surface area (Å²) in [4.78, 5) is 50.2. The van der Waals surface area contributed by atoms with Gasteiger partial charge >= 0.3 is 5.97 Å². The van der Waals surface area contributed by atoms with E-state index in [4.69, 9.17) is 10.1 Å². The molecule has 2 amide bonds. The Bertz CT molecular complexity index is 1430. The quantitative estimate of drug-likeness (QED) is 0.308. The third-order valence-electron chi connectivity index (χ3n) is 9.62. The van der Waals surface area contributed by atoms with Gasteiger partial charge in [0.15, 0.2) is 0 Å². The molecule has 3 atom stereocenters. The first-order chi connectivity index (χ1) is 20.7. The second-order valence-corrected chi connectivity index (χ2v) is 15.3. The maximum Gasteiger partial charge on any atom is 0.305 e. The van der Waals surface area contributed by atoms with Crippen molar-refractivity contribution in [3.8, 4) is 0 Å². The van der Waals surface area contributed by atoms with Crippen LogP contribution in [0.1, 0.15) is 132 Å². The zero-order valence-corrected chi connectivity index (χ0v) is 27.2. The molecule has 2 unspecified atom stereocenters. The molecule has 236 valence electrons. The average Bonchev–Trinajstić information content (AvgIpc) is 3.65. The summed E-state index contributed by atoms with van der Waals surface area (Å²) in [5.41, 5.74) is 3.48. The molecule has 0 saturated heterocycles. The van der Waals surface area contributed by atoms with Gasteiger partial charge < -0.3 is 15.3 Å². The minimum Gasteiger partial charge on any atom is -0.481 e. The van der Waals surface area contributed by atoms with Crippen molar-refractivity contribution in [1.82, 2.24) is 15.2 Å². The fraction of sp³-hybridized carbons (Fsp3) is 0.583. The van der Waals surface area contributed by atoms with Crippen LogP contribution >= 0.6 is 0 Å². The molecule has 3 aliphatic rings. The Kier molecular flexibility index (Phi) is 8.76. The molecular weight excluding hydrogens is 552 g/mol. The standard InChI is InChI=1S/C36H48N4O4/c1-34(2,3)16-14-29(24-9-11-25(12-10-24)32(43)38-18-15-30(41)42)40-33(44)31(27-19-26(21-37-22-27)23-7-8-23)39-36(40)17-13-28(20-36)35(4,5)6/h9-12,19,21-23,28-29H,7-8,13-18,20H2,1-6H3,(H,38,43)(H,41,42)/t28?,29-,36?/m1/s1. The summed E-state index contributed by atoms with van der Waals surface area (Å²) in [7, 11) is 0. The highest BCUT2D eigenvalue weighted by Gasteiger charge is 2.55. The fourth-order valence-corrected chi connectivity index (χ4v) is 6.78. The van der Waals surface area contributed by atoms with Gasteiger partial charge in [-0.2, -0.15) is 0 Å². The van der Waals surface area contributed by atoms with Crippen molar-refractivity contribution in [1.29, 1.82) is 0 Å². The van der Waals surface area contributed by atoms with Crippen molar-refractivity contribution < 1.29 is 19.5 Å². The maximum absolute atomic E-state index is 14.7. The van der Waals surface area contributed by atoms with E-state index >= 15 is 0 Å². The molecule has 5 rings (SSSR count). The lowest BCUT2D eigenvalue weighted by atomic mass is 9.79. The van der Waals surface area contributed by atoms with E-state index in [1.165, 1.54) is 5.56 Å². The summed E-state index contributed by atoms with van der Waals surface area (Å²) < 4.78 is 0. The number of rotatable bonds is 10. The highest BCUT2D eigenvalue weighted by Crippen LogP contribution is 2.53. The first kappa shape index (κ1) is 31.9. The zero-order valence-electron chi connectivity index (χ0n) is 27.2. The molecule has 0 bridgehead atoms. The van der Waals surface area contributed by atoms with Crippen molar-refractivity contribution in [2.24, 2.45) is 21.7 Å². The van der Waals surface area contributed by atoms with Crippen LogP contribution < -0.4 is 5.32 Å². The van der Waals surface area contributed by atoms with Gasteiger partial charge in [-0.05, 0) is 96.9 Å². The van der Waals surface area contributed by atoms with Gasteiger partial charge in [-0.25, -0.2) is 0 Å². The number of carboxylic acids is 1. The molecule has 1 aromatic carbocycles. The minimum absolute atomic E-state index is 0.0382. The van der Waals surface area contributed by atoms with E-state index in [2.05, 4.69) is 62.8 Å². The van der Waals surface area contributed by atoms with Crippen molar-refractivity contribution in [2.75, 3.05) is 6.54 Å². The Hall–Kier alpha value is -3.55. The summed E-state index contributed by atoms with van der Waals surface area (Å²) >= 11 is 0. The number of nitrogens with one attached hydrogen (secondary N) is 1. The Labute approximate surface area is 261 Å². The van der Waals surface area contributed by atoms with E-state index in [1.807, 2.05) is 18.3 Å². The third kappa shape index (κ3) is 7.05. The van der Waals surface area contributed by atoms with Crippen molar-refractivity contribution in [3.63, 3.8) is 0 Å². The van der Waals surface area contributed by atoms with Crippen LogP contribution in [-0.2, 0) is 9.59 Å². The van der Waals surface area contributed by atoms with Crippen LogP contribution in [0.3, 0.4) is 0 Å². The van der Waals surface area contributed by atoms with Crippen LogP contribution in [0.15, 0.2) is 47.7 Å². The van der Waals surface area contributed by atoms with E-state index in [0.717, 1.165) is 56.1 Å². The fourth-order valence-electron chi connectivity index (χ4n) is 6.78. The molecule has 8 heteroatoms. The van der Waals surface area contributed by atoms with Crippen molar-refractivity contribution in [2.45, 2.75) is 111 Å². The maximum atomic E-state index is 14.7. The molecular formula is C36H48N4O4. The van der Waals surface area contributed by atoms with Crippen LogP contribution in [0, 0.1) is 16.7 Å². The second-order valence-electron chi connectivity index (χ2n) is 15.3. The number of hydrogen-bond acceptors (Lipinski definition) is 5. The molecule has 1 aliphatic heterocycles. The van der Waals surface area contributed by atoms with Gasteiger partial charge in [0.1, 0.15) is 11.4 Å². The normalized spacial score (nSPS) is 22.8. The molecule has 1 aromatic heterocycles. The lowest BCUT2D eigenvalue weighted by molar-refractivity contribution is -0.137. The van der Waals surface area contributed by atoms with Crippen LogP contribution in [0.5, 0.6) is 0 Å². The molecule has 2 aromatic rings. The van der Waals surface area contributed by atoms with Gasteiger partial charge in [-0.3, -0.25) is 24.4 Å². The van der Waals surface area contributed by atoms with Crippen LogP contribution in [0.25, 0.3) is 0 Å². The number of carbonyl (C=O) groups excluding carboxylic acids is 2. The number of amides is 2. The Morgan fingerprint density at radius 1 is 1.07 bits per heavy atom. The summed E-state index contributed by atoms with van der Waals surface area (Å²) in [5, 5.41) is 11.6. The molecule has 1 spiro atoms. The van der Waals surface area contributed by atoms with Crippen LogP contribution in [0.2, 0.25) is 0 Å². The Morgan fingerprint density at radius 2 is 1.77 bits per heavy atom. The van der Waals surface area contributed by atoms with Gasteiger partial charge in [-0.1, -0.05) is 53.7 Å². The topological polar surface area (TPSA) is 112 Å². The van der Waals surface area contributed by atoms with E-state index < -0.39 is 11.6 Å². The van der Waals surface area contributed by atoms with E-state index in [-0.39, 0.29) is 41.7 Å². The van der Waals surface area contributed by atoms with Gasteiger partial charge in [0, 0.05) is 30.1 Å². The number of aliphatic imine (C=N–C) groups is 1.